The third-order valence-corrected chi connectivity index (χ3v) is 4.44. The van der Waals surface area contributed by atoms with Crippen LogP contribution in [0, 0.1) is 0 Å². The molecule has 0 aliphatic carbocycles. The Labute approximate surface area is 121 Å². The van der Waals surface area contributed by atoms with E-state index in [1.165, 1.54) is 0 Å². The zero-order valence-electron chi connectivity index (χ0n) is 11.9. The van der Waals surface area contributed by atoms with Crippen molar-refractivity contribution in [3.8, 4) is 0 Å². The van der Waals surface area contributed by atoms with Gasteiger partial charge < -0.3 is 4.72 Å². The Balaban J connectivity index is 0.000000361. The molecule has 1 rings (SSSR count). The standard InChI is InChI=1S/C6H18N3S.C2F5N2S/c1-7(2)10(8(3)4)9(5)6;3-1(4)2(5,6)9-10(7)8-1/h1-6H3;/q+1;-1. The number of alkyl halides is 4. The maximum Gasteiger partial charge on any atom is 0.392 e. The lowest BCUT2D eigenvalue weighted by molar-refractivity contribution is -0.169. The first kappa shape index (κ1) is 20.0. The van der Waals surface area contributed by atoms with E-state index < -0.39 is 23.4 Å². The molecular formula is C8H18F5N5S2. The predicted octanol–water partition coefficient (Wildman–Crippen LogP) is 2.20. The second-order valence-corrected chi connectivity index (χ2v) is 7.65. The summed E-state index contributed by atoms with van der Waals surface area (Å²) in [5.74, 6) is 0. The summed E-state index contributed by atoms with van der Waals surface area (Å²) < 4.78 is 68.7. The number of hydrogen-bond acceptors (Lipinski definition) is 4. The molecular weight excluding hydrogens is 325 g/mol. The summed E-state index contributed by atoms with van der Waals surface area (Å²) >= 11 is -2.94. The van der Waals surface area contributed by atoms with Gasteiger partial charge in [-0.2, -0.15) is 17.0 Å². The summed E-state index contributed by atoms with van der Waals surface area (Å²) in [5.41, 5.74) is 0. The molecule has 0 aromatic rings. The Hall–Kier alpha value is -0.0100. The summed E-state index contributed by atoms with van der Waals surface area (Å²) in [6.45, 7) is 0. The molecule has 0 saturated heterocycles. The Morgan fingerprint density at radius 2 is 1.25 bits per heavy atom. The molecule has 0 fully saturated rings. The van der Waals surface area contributed by atoms with Gasteiger partial charge in [0.25, 0.3) is 17.5 Å². The maximum atomic E-state index is 11.7. The molecule has 1 aliphatic heterocycles. The van der Waals surface area contributed by atoms with Crippen LogP contribution in [-0.4, -0.2) is 67.3 Å². The summed E-state index contributed by atoms with van der Waals surface area (Å²) in [6, 6.07) is -9.35. The molecule has 1 aliphatic rings. The second kappa shape index (κ2) is 7.31. The molecule has 0 aromatic heterocycles. The summed E-state index contributed by atoms with van der Waals surface area (Å²) in [7, 11) is 12.5. The van der Waals surface area contributed by atoms with Crippen LogP contribution in [-0.2, 0) is 22.7 Å². The van der Waals surface area contributed by atoms with Crippen LogP contribution in [0.5, 0.6) is 0 Å². The lowest BCUT2D eigenvalue weighted by atomic mass is 10.5. The minimum absolute atomic E-state index is 0.120. The molecule has 0 spiro atoms. The molecule has 0 aromatic carbocycles. The smallest absolute Gasteiger partial charge is 0.392 e. The van der Waals surface area contributed by atoms with Crippen molar-refractivity contribution in [2.75, 3.05) is 42.3 Å². The number of nitrogens with zero attached hydrogens (tertiary/aromatic N) is 5. The van der Waals surface area contributed by atoms with Gasteiger partial charge in [0.1, 0.15) is 0 Å². The van der Waals surface area contributed by atoms with Gasteiger partial charge in [0.05, 0.1) is 0 Å². The number of rotatable bonds is 3. The summed E-state index contributed by atoms with van der Waals surface area (Å²) in [6.07, 6.45) is 0. The lowest BCUT2D eigenvalue weighted by Gasteiger charge is -2.24. The van der Waals surface area contributed by atoms with Crippen LogP contribution >= 0.6 is 0 Å². The van der Waals surface area contributed by atoms with Crippen molar-refractivity contribution in [1.82, 2.24) is 12.9 Å². The average molecular weight is 343 g/mol. The van der Waals surface area contributed by atoms with Crippen molar-refractivity contribution in [2.24, 2.45) is 4.36 Å². The van der Waals surface area contributed by atoms with Gasteiger partial charge in [-0.3, -0.25) is 0 Å². The third-order valence-electron chi connectivity index (χ3n) is 1.72. The van der Waals surface area contributed by atoms with Crippen LogP contribution in [0.25, 0.3) is 4.72 Å². The minimum atomic E-state index is -4.68. The van der Waals surface area contributed by atoms with Crippen molar-refractivity contribution in [3.63, 3.8) is 0 Å². The molecule has 12 heteroatoms. The fourth-order valence-electron chi connectivity index (χ4n) is 1.30. The molecule has 0 saturated carbocycles. The van der Waals surface area contributed by atoms with Gasteiger partial charge in [0.15, 0.2) is 0 Å². The van der Waals surface area contributed by atoms with Gasteiger partial charge in [-0.15, -0.1) is 0 Å². The molecule has 1 unspecified atom stereocenters. The molecule has 0 radical (unpaired) electrons. The van der Waals surface area contributed by atoms with E-state index >= 15 is 0 Å². The van der Waals surface area contributed by atoms with Crippen molar-refractivity contribution in [1.29, 1.82) is 0 Å². The first-order chi connectivity index (χ1) is 8.82. The predicted molar refractivity (Wildman–Crippen MR) is 72.6 cm³/mol. The van der Waals surface area contributed by atoms with Gasteiger partial charge >= 0.3 is 6.05 Å². The van der Waals surface area contributed by atoms with Gasteiger partial charge in [0, 0.05) is 42.3 Å². The van der Waals surface area contributed by atoms with E-state index in [4.69, 9.17) is 0 Å². The van der Waals surface area contributed by atoms with E-state index in [0.29, 0.717) is 0 Å². The molecule has 0 N–H and O–H groups in total. The largest absolute Gasteiger partial charge is 0.497 e. The molecule has 122 valence electrons. The zero-order chi connectivity index (χ0) is 16.3. The van der Waals surface area contributed by atoms with Crippen LogP contribution < -0.4 is 0 Å². The fraction of sp³-hybridized carbons (Fsp3) is 1.00. The van der Waals surface area contributed by atoms with Crippen LogP contribution in [0.15, 0.2) is 4.36 Å². The molecule has 20 heavy (non-hydrogen) atoms. The molecule has 0 bridgehead atoms. The van der Waals surface area contributed by atoms with Gasteiger partial charge in [-0.05, 0) is 11.3 Å². The normalized spacial score (nSPS) is 24.1. The average Bonchev–Trinajstić information content (AvgIpc) is 2.30. The van der Waals surface area contributed by atoms with Crippen LogP contribution in [0.2, 0.25) is 0 Å². The maximum absolute atomic E-state index is 11.7. The Morgan fingerprint density at radius 3 is 1.30 bits per heavy atom. The Bertz CT molecular complexity index is 331. The van der Waals surface area contributed by atoms with Crippen LogP contribution in [0.3, 0.4) is 0 Å². The highest BCUT2D eigenvalue weighted by molar-refractivity contribution is 7.90. The first-order valence-electron chi connectivity index (χ1n) is 5.20. The highest BCUT2D eigenvalue weighted by Crippen LogP contribution is 2.46. The monoisotopic (exact) mass is 343 g/mol. The van der Waals surface area contributed by atoms with Crippen molar-refractivity contribution >= 4 is 22.7 Å². The topological polar surface area (TPSA) is 36.2 Å². The van der Waals surface area contributed by atoms with E-state index in [1.807, 2.05) is 0 Å². The van der Waals surface area contributed by atoms with E-state index in [9.17, 15) is 21.4 Å². The fourth-order valence-corrected chi connectivity index (χ4v) is 3.90. The van der Waals surface area contributed by atoms with E-state index in [-0.39, 0.29) is 11.5 Å². The highest BCUT2D eigenvalue weighted by atomic mass is 32.2. The van der Waals surface area contributed by atoms with Crippen molar-refractivity contribution < 1.29 is 21.4 Å². The van der Waals surface area contributed by atoms with Crippen molar-refractivity contribution in [3.05, 3.63) is 4.72 Å². The molecule has 1 atom stereocenters. The lowest BCUT2D eigenvalue weighted by Crippen LogP contribution is -2.44. The number of halogens is 5. The molecule has 1 heterocycles. The Morgan fingerprint density at radius 1 is 0.900 bits per heavy atom. The van der Waals surface area contributed by atoms with Gasteiger partial charge in [0.2, 0.25) is 0 Å². The van der Waals surface area contributed by atoms with E-state index in [0.717, 1.165) is 0 Å². The van der Waals surface area contributed by atoms with E-state index in [2.05, 4.69) is 55.2 Å². The first-order valence-corrected chi connectivity index (χ1v) is 7.34. The molecule has 0 amide bonds. The van der Waals surface area contributed by atoms with Gasteiger partial charge in [-0.1, -0.05) is 12.9 Å². The molecule has 5 nitrogen and oxygen atoms in total. The van der Waals surface area contributed by atoms with Crippen LogP contribution in [0.4, 0.5) is 21.4 Å². The number of hydrogen-bond donors (Lipinski definition) is 0. The summed E-state index contributed by atoms with van der Waals surface area (Å²) in [4.78, 5) is 0. The highest BCUT2D eigenvalue weighted by Gasteiger charge is 2.53. The van der Waals surface area contributed by atoms with Crippen molar-refractivity contribution in [2.45, 2.75) is 12.1 Å². The second-order valence-electron chi connectivity index (χ2n) is 4.17. The van der Waals surface area contributed by atoms with Crippen LogP contribution in [0.1, 0.15) is 0 Å². The van der Waals surface area contributed by atoms with Gasteiger partial charge in [-0.25, -0.2) is 8.78 Å². The van der Waals surface area contributed by atoms with E-state index in [1.54, 1.807) is 9.08 Å². The third kappa shape index (κ3) is 5.41. The summed E-state index contributed by atoms with van der Waals surface area (Å²) in [5, 5.41) is 0. The zero-order valence-corrected chi connectivity index (χ0v) is 13.6. The SMILES string of the molecule is CN(C)[S+](N(C)C)N(C)C.FS1=NC(F)(F)C(F)(F)[N-]1. The Kier molecular flexibility index (Phi) is 7.31. The quantitative estimate of drug-likeness (QED) is 0.448. The minimum Gasteiger partial charge on any atom is -0.497 e.